The minimum atomic E-state index is 0. The van der Waals surface area contributed by atoms with E-state index < -0.39 is 0 Å². The number of anilines is 1. The summed E-state index contributed by atoms with van der Waals surface area (Å²) in [4.78, 5) is 11.9. The summed E-state index contributed by atoms with van der Waals surface area (Å²) >= 11 is 0. The third-order valence-electron chi connectivity index (χ3n) is 3.47. The molecule has 1 aliphatic heterocycles. The van der Waals surface area contributed by atoms with Crippen LogP contribution in [0, 0.1) is 0 Å². The number of benzene rings is 1. The highest BCUT2D eigenvalue weighted by molar-refractivity contribution is 5.91. The van der Waals surface area contributed by atoms with E-state index in [1.54, 1.807) is 7.11 Å². The Balaban J connectivity index is 0.00000200. The summed E-state index contributed by atoms with van der Waals surface area (Å²) in [6, 6.07) is 8.28. The Labute approximate surface area is 126 Å². The van der Waals surface area contributed by atoms with E-state index in [0.717, 1.165) is 24.2 Å². The lowest BCUT2D eigenvalue weighted by Crippen LogP contribution is -2.23. The molecule has 1 heterocycles. The predicted molar refractivity (Wildman–Crippen MR) is 83.3 cm³/mol. The van der Waals surface area contributed by atoms with Gasteiger partial charge in [0.25, 0.3) is 0 Å². The van der Waals surface area contributed by atoms with Crippen LogP contribution in [0.3, 0.4) is 0 Å². The number of halogens is 1. The van der Waals surface area contributed by atoms with Gasteiger partial charge in [0, 0.05) is 30.8 Å². The quantitative estimate of drug-likeness (QED) is 0.849. The number of ether oxygens (including phenoxy) is 1. The lowest BCUT2D eigenvalue weighted by atomic mass is 10.1. The van der Waals surface area contributed by atoms with Crippen LogP contribution in [0.2, 0.25) is 0 Å². The van der Waals surface area contributed by atoms with Gasteiger partial charge in [-0.15, -0.1) is 12.4 Å². The number of hydrogen-bond acceptors (Lipinski definition) is 3. The molecule has 0 bridgehead atoms. The van der Waals surface area contributed by atoms with Crippen molar-refractivity contribution < 1.29 is 9.53 Å². The largest absolute Gasteiger partial charge is 0.380 e. The average Bonchev–Trinajstić information content (AvgIpc) is 2.92. The van der Waals surface area contributed by atoms with Crippen molar-refractivity contribution >= 4 is 24.0 Å². The number of amides is 1. The van der Waals surface area contributed by atoms with Crippen LogP contribution >= 0.6 is 12.4 Å². The maximum absolute atomic E-state index is 11.9. The van der Waals surface area contributed by atoms with E-state index in [4.69, 9.17) is 4.74 Å². The van der Waals surface area contributed by atoms with Gasteiger partial charge in [-0.2, -0.15) is 0 Å². The highest BCUT2D eigenvalue weighted by Crippen LogP contribution is 2.17. The molecule has 1 aliphatic rings. The fourth-order valence-corrected chi connectivity index (χ4v) is 2.44. The molecule has 5 heteroatoms. The van der Waals surface area contributed by atoms with Gasteiger partial charge in [0.15, 0.2) is 0 Å². The highest BCUT2D eigenvalue weighted by Gasteiger charge is 2.15. The van der Waals surface area contributed by atoms with Crippen LogP contribution in [0.4, 0.5) is 5.69 Å². The molecule has 1 amide bonds. The zero-order chi connectivity index (χ0) is 13.5. The SMILES string of the molecule is COCc1ccccc1NC(=O)CCC1CCCN1.Cl. The molecule has 1 atom stereocenters. The van der Waals surface area contributed by atoms with Gasteiger partial charge in [-0.05, 0) is 31.9 Å². The van der Waals surface area contributed by atoms with Crippen molar-refractivity contribution in [2.75, 3.05) is 19.0 Å². The summed E-state index contributed by atoms with van der Waals surface area (Å²) in [5.74, 6) is 0.0808. The van der Waals surface area contributed by atoms with Crippen molar-refractivity contribution in [1.82, 2.24) is 5.32 Å². The number of hydrogen-bond donors (Lipinski definition) is 2. The van der Waals surface area contributed by atoms with Gasteiger partial charge in [0.1, 0.15) is 0 Å². The van der Waals surface area contributed by atoms with Crippen molar-refractivity contribution in [2.45, 2.75) is 38.3 Å². The van der Waals surface area contributed by atoms with Crippen LogP contribution < -0.4 is 10.6 Å². The lowest BCUT2D eigenvalue weighted by Gasteiger charge is -2.12. The van der Waals surface area contributed by atoms with Crippen LogP contribution in [0.15, 0.2) is 24.3 Å². The summed E-state index contributed by atoms with van der Waals surface area (Å²) in [6.45, 7) is 1.60. The van der Waals surface area contributed by atoms with Crippen molar-refractivity contribution in [2.24, 2.45) is 0 Å². The summed E-state index contributed by atoms with van der Waals surface area (Å²) in [7, 11) is 1.66. The third kappa shape index (κ3) is 5.12. The first kappa shape index (κ1) is 17.0. The second kappa shape index (κ2) is 8.95. The van der Waals surface area contributed by atoms with Gasteiger partial charge in [0.2, 0.25) is 5.91 Å². The zero-order valence-electron chi connectivity index (χ0n) is 11.9. The fraction of sp³-hybridized carbons (Fsp3) is 0.533. The standard InChI is InChI=1S/C15H22N2O2.ClH/c1-19-11-12-5-2-3-7-14(12)17-15(18)9-8-13-6-4-10-16-13;/h2-3,5,7,13,16H,4,6,8-11H2,1H3,(H,17,18);1H. The molecule has 2 rings (SSSR count). The van der Waals surface area contributed by atoms with Gasteiger partial charge in [-0.1, -0.05) is 18.2 Å². The minimum absolute atomic E-state index is 0. The van der Waals surface area contributed by atoms with Gasteiger partial charge >= 0.3 is 0 Å². The molecule has 20 heavy (non-hydrogen) atoms. The van der Waals surface area contributed by atoms with Crippen LogP contribution in [-0.4, -0.2) is 25.6 Å². The number of rotatable bonds is 6. The lowest BCUT2D eigenvalue weighted by molar-refractivity contribution is -0.116. The molecule has 4 nitrogen and oxygen atoms in total. The number of para-hydroxylation sites is 1. The second-order valence-corrected chi connectivity index (χ2v) is 4.97. The molecule has 1 aromatic carbocycles. The van der Waals surface area contributed by atoms with Crippen LogP contribution in [-0.2, 0) is 16.1 Å². The molecule has 0 radical (unpaired) electrons. The average molecular weight is 299 g/mol. The van der Waals surface area contributed by atoms with Crippen molar-refractivity contribution in [3.63, 3.8) is 0 Å². The monoisotopic (exact) mass is 298 g/mol. The van der Waals surface area contributed by atoms with E-state index in [-0.39, 0.29) is 18.3 Å². The van der Waals surface area contributed by atoms with Gasteiger partial charge in [-0.25, -0.2) is 0 Å². The van der Waals surface area contributed by atoms with E-state index in [2.05, 4.69) is 10.6 Å². The summed E-state index contributed by atoms with van der Waals surface area (Å²) < 4.78 is 5.13. The molecule has 112 valence electrons. The topological polar surface area (TPSA) is 50.4 Å². The fourth-order valence-electron chi connectivity index (χ4n) is 2.44. The number of nitrogens with one attached hydrogen (secondary N) is 2. The van der Waals surface area contributed by atoms with E-state index in [1.807, 2.05) is 24.3 Å². The molecule has 2 N–H and O–H groups in total. The first-order valence-corrected chi connectivity index (χ1v) is 6.89. The van der Waals surface area contributed by atoms with E-state index >= 15 is 0 Å². The Bertz CT molecular complexity index is 420. The molecular formula is C15H23ClN2O2. The number of carbonyl (C=O) groups excluding carboxylic acids is 1. The summed E-state index contributed by atoms with van der Waals surface area (Å²) in [6.07, 6.45) is 3.90. The maximum atomic E-state index is 11.9. The second-order valence-electron chi connectivity index (χ2n) is 4.97. The van der Waals surface area contributed by atoms with E-state index in [1.165, 1.54) is 12.8 Å². The summed E-state index contributed by atoms with van der Waals surface area (Å²) in [5, 5.41) is 6.38. The Morgan fingerprint density at radius 3 is 2.95 bits per heavy atom. The van der Waals surface area contributed by atoms with Crippen molar-refractivity contribution in [3.05, 3.63) is 29.8 Å². The predicted octanol–water partition coefficient (Wildman–Crippen LogP) is 2.73. The van der Waals surface area contributed by atoms with Crippen LogP contribution in [0.25, 0.3) is 0 Å². The molecule has 1 unspecified atom stereocenters. The molecule has 0 aliphatic carbocycles. The highest BCUT2D eigenvalue weighted by atomic mass is 35.5. The molecule has 0 spiro atoms. The molecule has 1 aromatic rings. The van der Waals surface area contributed by atoms with Crippen molar-refractivity contribution in [1.29, 1.82) is 0 Å². The normalized spacial score (nSPS) is 17.6. The van der Waals surface area contributed by atoms with Crippen molar-refractivity contribution in [3.8, 4) is 0 Å². The Morgan fingerprint density at radius 1 is 1.45 bits per heavy atom. The van der Waals surface area contributed by atoms with Crippen LogP contribution in [0.1, 0.15) is 31.2 Å². The van der Waals surface area contributed by atoms with Gasteiger partial charge in [0.05, 0.1) is 6.61 Å². The Morgan fingerprint density at radius 2 is 2.25 bits per heavy atom. The Kier molecular flexibility index (Phi) is 7.59. The number of carbonyl (C=O) groups is 1. The number of methoxy groups -OCH3 is 1. The van der Waals surface area contributed by atoms with Crippen LogP contribution in [0.5, 0.6) is 0 Å². The third-order valence-corrected chi connectivity index (χ3v) is 3.47. The Hall–Kier alpha value is -1.10. The maximum Gasteiger partial charge on any atom is 0.224 e. The van der Waals surface area contributed by atoms with Gasteiger partial charge < -0.3 is 15.4 Å². The smallest absolute Gasteiger partial charge is 0.224 e. The van der Waals surface area contributed by atoms with E-state index in [0.29, 0.717) is 19.1 Å². The summed E-state index contributed by atoms with van der Waals surface area (Å²) in [5.41, 5.74) is 1.87. The van der Waals surface area contributed by atoms with E-state index in [9.17, 15) is 4.79 Å². The molecule has 1 fully saturated rings. The molecular weight excluding hydrogens is 276 g/mol. The molecule has 0 aromatic heterocycles. The van der Waals surface area contributed by atoms with Gasteiger partial charge in [-0.3, -0.25) is 4.79 Å². The zero-order valence-corrected chi connectivity index (χ0v) is 12.7. The molecule has 0 saturated carbocycles. The first-order chi connectivity index (χ1) is 9.29. The minimum Gasteiger partial charge on any atom is -0.380 e. The first-order valence-electron chi connectivity index (χ1n) is 6.89. The molecule has 1 saturated heterocycles.